The van der Waals surface area contributed by atoms with Crippen LogP contribution in [-0.4, -0.2) is 65.6 Å². The smallest absolute Gasteiger partial charge is 0.508 e. The van der Waals surface area contributed by atoms with Crippen molar-refractivity contribution < 1.29 is 43.5 Å². The van der Waals surface area contributed by atoms with Crippen LogP contribution in [0.1, 0.15) is 43.0 Å². The molecule has 1 aromatic rings. The molecule has 1 aromatic carbocycles. The molecule has 11 nitrogen and oxygen atoms in total. The molecular formula is C20H23BCl2N2O9. The normalized spacial score (nSPS) is 17.3. The Morgan fingerprint density at radius 2 is 1.94 bits per heavy atom. The number of aliphatic carboxylic acids is 2. The van der Waals surface area contributed by atoms with Crippen molar-refractivity contribution in [3.63, 3.8) is 0 Å². The Morgan fingerprint density at radius 3 is 2.59 bits per heavy atom. The third kappa shape index (κ3) is 8.51. The fourth-order valence-corrected chi connectivity index (χ4v) is 3.61. The van der Waals surface area contributed by atoms with Gasteiger partial charge in [0.2, 0.25) is 5.91 Å². The topological polar surface area (TPSA) is 168 Å². The zero-order chi connectivity index (χ0) is 25.4. The predicted octanol–water partition coefficient (Wildman–Crippen LogP) is 1.54. The Morgan fingerprint density at radius 1 is 1.24 bits per heavy atom. The molecular weight excluding hydrogens is 494 g/mol. The number of carbonyl (C=O) groups excluding carboxylic acids is 3. The highest BCUT2D eigenvalue weighted by Gasteiger charge is 2.44. The van der Waals surface area contributed by atoms with E-state index in [9.17, 15) is 29.1 Å². The SMILES string of the molecule is CC(CCC(=O)O)CC(NC(=O)CNC(=O)c1cc(Cl)ccc1Cl)B1OC(=O)CC(C(=O)O)O1. The van der Waals surface area contributed by atoms with Crippen molar-refractivity contribution >= 4 is 60.0 Å². The summed E-state index contributed by atoms with van der Waals surface area (Å²) in [6.45, 7) is 1.25. The van der Waals surface area contributed by atoms with Crippen LogP contribution in [0.5, 0.6) is 0 Å². The van der Waals surface area contributed by atoms with Crippen molar-refractivity contribution in [2.45, 2.75) is 44.7 Å². The Kier molecular flexibility index (Phi) is 10.1. The van der Waals surface area contributed by atoms with Crippen molar-refractivity contribution in [3.05, 3.63) is 33.8 Å². The van der Waals surface area contributed by atoms with Crippen LogP contribution in [-0.2, 0) is 28.5 Å². The summed E-state index contributed by atoms with van der Waals surface area (Å²) < 4.78 is 10.4. The second kappa shape index (κ2) is 12.6. The molecule has 1 fully saturated rings. The van der Waals surface area contributed by atoms with Gasteiger partial charge in [0.15, 0.2) is 6.10 Å². The van der Waals surface area contributed by atoms with Gasteiger partial charge in [-0.2, -0.15) is 0 Å². The number of nitrogens with one attached hydrogen (secondary N) is 2. The summed E-state index contributed by atoms with van der Waals surface area (Å²) in [4.78, 5) is 58.9. The van der Waals surface area contributed by atoms with Gasteiger partial charge in [0.25, 0.3) is 11.9 Å². The number of rotatable bonds is 11. The quantitative estimate of drug-likeness (QED) is 0.318. The van der Waals surface area contributed by atoms with Crippen molar-refractivity contribution in [3.8, 4) is 0 Å². The lowest BCUT2D eigenvalue weighted by Gasteiger charge is -2.31. The number of benzene rings is 1. The molecule has 0 bridgehead atoms. The molecule has 1 heterocycles. The first-order chi connectivity index (χ1) is 16.0. The molecule has 0 radical (unpaired) electrons. The molecule has 3 atom stereocenters. The minimum Gasteiger partial charge on any atom is -0.508 e. The molecule has 14 heteroatoms. The molecule has 0 spiro atoms. The van der Waals surface area contributed by atoms with Gasteiger partial charge in [0.05, 0.1) is 29.5 Å². The van der Waals surface area contributed by atoms with E-state index in [0.717, 1.165) is 0 Å². The zero-order valence-electron chi connectivity index (χ0n) is 18.1. The molecule has 2 amide bonds. The standard InChI is InChI=1S/C20H23BCl2N2O9/c1-10(2-5-17(27)28)6-15(21-33-14(20(31)32)8-18(29)34-21)25-16(26)9-24-19(30)12-7-11(22)3-4-13(12)23/h3-4,7,10,14-15H,2,5-6,8-9H2,1H3,(H,24,30)(H,25,26)(H,27,28)(H,31,32). The summed E-state index contributed by atoms with van der Waals surface area (Å²) in [7, 11) is -1.41. The van der Waals surface area contributed by atoms with Crippen LogP contribution in [0.25, 0.3) is 0 Å². The highest BCUT2D eigenvalue weighted by molar-refractivity contribution is 6.50. The first-order valence-electron chi connectivity index (χ1n) is 10.3. The van der Waals surface area contributed by atoms with Crippen LogP contribution in [0.3, 0.4) is 0 Å². The lowest BCUT2D eigenvalue weighted by Crippen LogP contribution is -2.57. The zero-order valence-corrected chi connectivity index (χ0v) is 19.6. The number of hydrogen-bond donors (Lipinski definition) is 4. The fourth-order valence-electron chi connectivity index (χ4n) is 3.23. The Balaban J connectivity index is 2.07. The van der Waals surface area contributed by atoms with Crippen molar-refractivity contribution in [1.82, 2.24) is 10.6 Å². The Hall–Kier alpha value is -2.83. The second-order valence-corrected chi connectivity index (χ2v) is 8.62. The highest BCUT2D eigenvalue weighted by atomic mass is 35.5. The summed E-state index contributed by atoms with van der Waals surface area (Å²) in [5.74, 6) is -5.76. The average Bonchev–Trinajstić information content (AvgIpc) is 2.76. The lowest BCUT2D eigenvalue weighted by atomic mass is 9.71. The van der Waals surface area contributed by atoms with E-state index in [1.165, 1.54) is 18.2 Å². The second-order valence-electron chi connectivity index (χ2n) is 7.78. The molecule has 0 aromatic heterocycles. The summed E-state index contributed by atoms with van der Waals surface area (Å²) in [5.41, 5.74) is 0.0645. The third-order valence-corrected chi connectivity index (χ3v) is 5.50. The molecule has 184 valence electrons. The molecule has 3 unspecified atom stereocenters. The van der Waals surface area contributed by atoms with Gasteiger partial charge in [-0.05, 0) is 37.0 Å². The van der Waals surface area contributed by atoms with Crippen LogP contribution < -0.4 is 10.6 Å². The number of carboxylic acids is 2. The van der Waals surface area contributed by atoms with Gasteiger partial charge in [-0.25, -0.2) is 4.79 Å². The van der Waals surface area contributed by atoms with Crippen LogP contribution in [0.15, 0.2) is 18.2 Å². The van der Waals surface area contributed by atoms with E-state index in [4.69, 9.17) is 37.6 Å². The van der Waals surface area contributed by atoms with Crippen LogP contribution >= 0.6 is 23.2 Å². The van der Waals surface area contributed by atoms with Gasteiger partial charge in [0.1, 0.15) is 0 Å². The number of hydrogen-bond acceptors (Lipinski definition) is 7. The number of carboxylic acid groups (broad SMARTS) is 2. The first kappa shape index (κ1) is 27.4. The molecule has 0 aliphatic carbocycles. The maximum atomic E-state index is 12.5. The van der Waals surface area contributed by atoms with Gasteiger partial charge in [0, 0.05) is 11.4 Å². The summed E-state index contributed by atoms with van der Waals surface area (Å²) in [6.07, 6.45) is -1.69. The predicted molar refractivity (Wildman–Crippen MR) is 120 cm³/mol. The minimum absolute atomic E-state index is 0.0645. The molecule has 2 rings (SSSR count). The maximum absolute atomic E-state index is 12.5. The number of carbonyl (C=O) groups is 5. The van der Waals surface area contributed by atoms with E-state index >= 15 is 0 Å². The molecule has 1 aliphatic heterocycles. The fraction of sp³-hybridized carbons (Fsp3) is 0.450. The monoisotopic (exact) mass is 516 g/mol. The number of halogens is 2. The van der Waals surface area contributed by atoms with E-state index in [2.05, 4.69) is 10.6 Å². The highest BCUT2D eigenvalue weighted by Crippen LogP contribution is 2.21. The van der Waals surface area contributed by atoms with Gasteiger partial charge >= 0.3 is 19.1 Å². The van der Waals surface area contributed by atoms with Crippen molar-refractivity contribution in [1.29, 1.82) is 0 Å². The van der Waals surface area contributed by atoms with E-state index in [1.807, 2.05) is 0 Å². The molecule has 1 saturated heterocycles. The van der Waals surface area contributed by atoms with Crippen LogP contribution in [0.4, 0.5) is 0 Å². The summed E-state index contributed by atoms with van der Waals surface area (Å²) in [5, 5.41) is 23.5. The van der Waals surface area contributed by atoms with Gasteiger partial charge in [-0.15, -0.1) is 0 Å². The van der Waals surface area contributed by atoms with Crippen molar-refractivity contribution in [2.75, 3.05) is 6.54 Å². The maximum Gasteiger partial charge on any atom is 0.551 e. The van der Waals surface area contributed by atoms with E-state index in [0.29, 0.717) is 0 Å². The Bertz CT molecular complexity index is 962. The summed E-state index contributed by atoms with van der Waals surface area (Å²) >= 11 is 11.8. The molecule has 1 aliphatic rings. The summed E-state index contributed by atoms with van der Waals surface area (Å²) in [6, 6.07) is 4.27. The van der Waals surface area contributed by atoms with Crippen LogP contribution in [0.2, 0.25) is 10.0 Å². The average molecular weight is 517 g/mol. The van der Waals surface area contributed by atoms with E-state index in [1.54, 1.807) is 6.92 Å². The van der Waals surface area contributed by atoms with Gasteiger partial charge in [-0.1, -0.05) is 30.1 Å². The van der Waals surface area contributed by atoms with Gasteiger partial charge in [-0.3, -0.25) is 19.2 Å². The number of amides is 2. The Labute approximate surface area is 205 Å². The van der Waals surface area contributed by atoms with E-state index < -0.39 is 61.9 Å². The van der Waals surface area contributed by atoms with Crippen LogP contribution in [0, 0.1) is 5.92 Å². The van der Waals surface area contributed by atoms with Crippen molar-refractivity contribution in [2.24, 2.45) is 5.92 Å². The largest absolute Gasteiger partial charge is 0.551 e. The molecule has 0 saturated carbocycles. The van der Waals surface area contributed by atoms with Gasteiger partial charge < -0.3 is 30.2 Å². The lowest BCUT2D eigenvalue weighted by molar-refractivity contribution is -0.157. The minimum atomic E-state index is -1.45. The first-order valence-corrected chi connectivity index (χ1v) is 11.0. The third-order valence-electron chi connectivity index (χ3n) is 4.94. The molecule has 4 N–H and O–H groups in total. The van der Waals surface area contributed by atoms with E-state index in [-0.39, 0.29) is 40.8 Å². The molecule has 34 heavy (non-hydrogen) atoms.